The van der Waals surface area contributed by atoms with Crippen LogP contribution < -0.4 is 11.1 Å². The minimum Gasteiger partial charge on any atom is -0.391 e. The summed E-state index contributed by atoms with van der Waals surface area (Å²) in [6.07, 6.45) is 3.77. The van der Waals surface area contributed by atoms with Gasteiger partial charge < -0.3 is 16.2 Å². The molecule has 1 rings (SSSR count). The summed E-state index contributed by atoms with van der Waals surface area (Å²) in [6, 6.07) is -0.165. The highest BCUT2D eigenvalue weighted by Gasteiger charge is 2.25. The van der Waals surface area contributed by atoms with E-state index in [9.17, 15) is 9.90 Å². The van der Waals surface area contributed by atoms with Crippen LogP contribution in [0.4, 0.5) is 0 Å². The summed E-state index contributed by atoms with van der Waals surface area (Å²) in [6.45, 7) is 4.01. The normalized spacial score (nSPS) is 27.8. The summed E-state index contributed by atoms with van der Waals surface area (Å²) in [7, 11) is 0. The van der Waals surface area contributed by atoms with Gasteiger partial charge in [-0.1, -0.05) is 26.7 Å². The van der Waals surface area contributed by atoms with Gasteiger partial charge in [-0.15, -0.1) is 0 Å². The van der Waals surface area contributed by atoms with E-state index in [1.54, 1.807) is 0 Å². The van der Waals surface area contributed by atoms with E-state index in [0.717, 1.165) is 25.7 Å². The Balaban J connectivity index is 2.32. The molecular weight excluding hydrogens is 204 g/mol. The van der Waals surface area contributed by atoms with Crippen molar-refractivity contribution in [2.24, 2.45) is 11.7 Å². The van der Waals surface area contributed by atoms with E-state index in [2.05, 4.69) is 5.32 Å². The molecule has 0 aliphatic heterocycles. The molecule has 0 aromatic carbocycles. The number of rotatable bonds is 4. The largest absolute Gasteiger partial charge is 0.391 e. The molecule has 4 nitrogen and oxygen atoms in total. The van der Waals surface area contributed by atoms with Gasteiger partial charge in [0.25, 0.3) is 0 Å². The average molecular weight is 228 g/mol. The van der Waals surface area contributed by atoms with Crippen molar-refractivity contribution < 1.29 is 9.90 Å². The second-order valence-electron chi connectivity index (χ2n) is 5.14. The SMILES string of the molecule is CC(C)C(N)CC(=O)N[C@@H]1CCCC[C@H]1O. The van der Waals surface area contributed by atoms with Crippen LogP contribution in [-0.4, -0.2) is 29.2 Å². The van der Waals surface area contributed by atoms with Crippen LogP contribution in [0.1, 0.15) is 46.0 Å². The molecule has 0 bridgehead atoms. The first-order chi connectivity index (χ1) is 7.50. The first-order valence-electron chi connectivity index (χ1n) is 6.23. The minimum atomic E-state index is -0.382. The van der Waals surface area contributed by atoms with Gasteiger partial charge >= 0.3 is 0 Å². The van der Waals surface area contributed by atoms with Gasteiger partial charge in [-0.05, 0) is 18.8 Å². The fraction of sp³-hybridized carbons (Fsp3) is 0.917. The van der Waals surface area contributed by atoms with Crippen molar-refractivity contribution in [1.82, 2.24) is 5.32 Å². The molecule has 1 fully saturated rings. The molecule has 0 saturated heterocycles. The number of aliphatic hydroxyl groups excluding tert-OH is 1. The second kappa shape index (κ2) is 6.21. The highest BCUT2D eigenvalue weighted by Crippen LogP contribution is 2.18. The smallest absolute Gasteiger partial charge is 0.221 e. The first kappa shape index (κ1) is 13.5. The molecule has 1 aliphatic carbocycles. The van der Waals surface area contributed by atoms with Crippen LogP contribution in [0.15, 0.2) is 0 Å². The Labute approximate surface area is 97.6 Å². The Kier molecular flexibility index (Phi) is 5.22. The molecular formula is C12H24N2O2. The fourth-order valence-corrected chi connectivity index (χ4v) is 2.00. The molecule has 16 heavy (non-hydrogen) atoms. The predicted octanol–water partition coefficient (Wildman–Crippen LogP) is 0.779. The van der Waals surface area contributed by atoms with E-state index in [1.165, 1.54) is 0 Å². The number of hydrogen-bond acceptors (Lipinski definition) is 3. The van der Waals surface area contributed by atoms with Gasteiger partial charge in [0.2, 0.25) is 5.91 Å². The van der Waals surface area contributed by atoms with Crippen LogP contribution in [0.5, 0.6) is 0 Å². The fourth-order valence-electron chi connectivity index (χ4n) is 2.00. The van der Waals surface area contributed by atoms with Crippen LogP contribution >= 0.6 is 0 Å². The molecule has 4 N–H and O–H groups in total. The van der Waals surface area contributed by atoms with Gasteiger partial charge in [-0.2, -0.15) is 0 Å². The molecule has 0 radical (unpaired) electrons. The molecule has 1 unspecified atom stereocenters. The van der Waals surface area contributed by atoms with Crippen molar-refractivity contribution in [3.63, 3.8) is 0 Å². The Morgan fingerprint density at radius 3 is 2.62 bits per heavy atom. The summed E-state index contributed by atoms with van der Waals surface area (Å²) in [5, 5.41) is 12.6. The van der Waals surface area contributed by atoms with Crippen molar-refractivity contribution in [3.8, 4) is 0 Å². The van der Waals surface area contributed by atoms with Gasteiger partial charge in [-0.25, -0.2) is 0 Å². The topological polar surface area (TPSA) is 75.4 Å². The van der Waals surface area contributed by atoms with E-state index in [1.807, 2.05) is 13.8 Å². The van der Waals surface area contributed by atoms with Gasteiger partial charge in [0, 0.05) is 12.5 Å². The molecule has 0 heterocycles. The zero-order chi connectivity index (χ0) is 12.1. The van der Waals surface area contributed by atoms with Gasteiger partial charge in [0.1, 0.15) is 0 Å². The number of nitrogens with one attached hydrogen (secondary N) is 1. The maximum absolute atomic E-state index is 11.7. The summed E-state index contributed by atoms with van der Waals surface area (Å²) < 4.78 is 0. The van der Waals surface area contributed by atoms with Crippen LogP contribution in [-0.2, 0) is 4.79 Å². The van der Waals surface area contributed by atoms with E-state index in [4.69, 9.17) is 5.73 Å². The monoisotopic (exact) mass is 228 g/mol. The summed E-state index contributed by atoms with van der Waals surface area (Å²) in [5.74, 6) is 0.272. The van der Waals surface area contributed by atoms with Gasteiger partial charge in [0.15, 0.2) is 0 Å². The predicted molar refractivity (Wildman–Crippen MR) is 63.8 cm³/mol. The highest BCUT2D eigenvalue weighted by molar-refractivity contribution is 5.77. The second-order valence-corrected chi connectivity index (χ2v) is 5.14. The van der Waals surface area contributed by atoms with E-state index in [-0.39, 0.29) is 24.1 Å². The Bertz CT molecular complexity index is 231. The molecule has 94 valence electrons. The zero-order valence-corrected chi connectivity index (χ0v) is 10.3. The summed E-state index contributed by atoms with van der Waals surface area (Å²) in [5.41, 5.74) is 5.83. The van der Waals surface area contributed by atoms with E-state index >= 15 is 0 Å². The zero-order valence-electron chi connectivity index (χ0n) is 10.3. The number of amides is 1. The molecule has 3 atom stereocenters. The van der Waals surface area contributed by atoms with Crippen LogP contribution in [0.25, 0.3) is 0 Å². The van der Waals surface area contributed by atoms with Crippen molar-refractivity contribution in [2.75, 3.05) is 0 Å². The third-order valence-corrected chi connectivity index (χ3v) is 3.35. The van der Waals surface area contributed by atoms with Crippen molar-refractivity contribution in [2.45, 2.75) is 64.1 Å². The lowest BCUT2D eigenvalue weighted by Crippen LogP contribution is -2.46. The molecule has 0 aromatic heterocycles. The van der Waals surface area contributed by atoms with Gasteiger partial charge in [0.05, 0.1) is 12.1 Å². The molecule has 1 aliphatic rings. The van der Waals surface area contributed by atoms with E-state index < -0.39 is 0 Å². The Morgan fingerprint density at radius 1 is 1.44 bits per heavy atom. The lowest BCUT2D eigenvalue weighted by atomic mass is 9.92. The summed E-state index contributed by atoms with van der Waals surface area (Å²) in [4.78, 5) is 11.7. The third kappa shape index (κ3) is 4.10. The molecule has 1 amide bonds. The maximum atomic E-state index is 11.7. The lowest BCUT2D eigenvalue weighted by Gasteiger charge is -2.29. The number of carbonyl (C=O) groups is 1. The Morgan fingerprint density at radius 2 is 2.06 bits per heavy atom. The maximum Gasteiger partial charge on any atom is 0.221 e. The van der Waals surface area contributed by atoms with E-state index in [0.29, 0.717) is 12.3 Å². The number of nitrogens with two attached hydrogens (primary N) is 1. The average Bonchev–Trinajstić information content (AvgIpc) is 2.21. The molecule has 0 aromatic rings. The van der Waals surface area contributed by atoms with Crippen LogP contribution in [0.2, 0.25) is 0 Å². The number of aliphatic hydroxyl groups is 1. The molecule has 4 heteroatoms. The third-order valence-electron chi connectivity index (χ3n) is 3.35. The van der Waals surface area contributed by atoms with Crippen LogP contribution in [0.3, 0.4) is 0 Å². The number of hydrogen-bond donors (Lipinski definition) is 3. The first-order valence-corrected chi connectivity index (χ1v) is 6.23. The summed E-state index contributed by atoms with van der Waals surface area (Å²) >= 11 is 0. The Hall–Kier alpha value is -0.610. The lowest BCUT2D eigenvalue weighted by molar-refractivity contribution is -0.123. The molecule has 0 spiro atoms. The standard InChI is InChI=1S/C12H24N2O2/c1-8(2)9(13)7-12(16)14-10-5-3-4-6-11(10)15/h8-11,15H,3-7,13H2,1-2H3,(H,14,16)/t9?,10-,11-/m1/s1. The van der Waals surface area contributed by atoms with Crippen molar-refractivity contribution in [3.05, 3.63) is 0 Å². The van der Waals surface area contributed by atoms with Crippen molar-refractivity contribution in [1.29, 1.82) is 0 Å². The van der Waals surface area contributed by atoms with Crippen LogP contribution in [0, 0.1) is 5.92 Å². The number of carbonyl (C=O) groups excluding carboxylic acids is 1. The highest BCUT2D eigenvalue weighted by atomic mass is 16.3. The minimum absolute atomic E-state index is 0.0350. The van der Waals surface area contributed by atoms with Crippen molar-refractivity contribution >= 4 is 5.91 Å². The quantitative estimate of drug-likeness (QED) is 0.665. The molecule has 1 saturated carbocycles. The van der Waals surface area contributed by atoms with Gasteiger partial charge in [-0.3, -0.25) is 4.79 Å².